The molecule has 0 aliphatic carbocycles. The molecule has 0 amide bonds. The number of rotatable bonds is 4. The van der Waals surface area contributed by atoms with Crippen LogP contribution in [0.3, 0.4) is 0 Å². The van der Waals surface area contributed by atoms with Crippen molar-refractivity contribution >= 4 is 39.4 Å². The van der Waals surface area contributed by atoms with Gasteiger partial charge in [-0.25, -0.2) is 4.98 Å². The lowest BCUT2D eigenvalue weighted by molar-refractivity contribution is -0.148. The predicted molar refractivity (Wildman–Crippen MR) is 152 cm³/mol. The molecule has 1 aromatic rings. The minimum absolute atomic E-state index is 0.0947. The van der Waals surface area contributed by atoms with Gasteiger partial charge in [0.15, 0.2) is 0 Å². The Morgan fingerprint density at radius 2 is 1.87 bits per heavy atom. The third kappa shape index (κ3) is 7.52. The molecule has 0 radical (unpaired) electrons. The first kappa shape index (κ1) is 30.9. The Hall–Kier alpha value is -1.62. The van der Waals surface area contributed by atoms with Gasteiger partial charge in [-0.3, -0.25) is 9.59 Å². The van der Waals surface area contributed by atoms with Gasteiger partial charge in [0, 0.05) is 55.7 Å². The van der Waals surface area contributed by atoms with Gasteiger partial charge in [-0.1, -0.05) is 40.5 Å². The van der Waals surface area contributed by atoms with Gasteiger partial charge < -0.3 is 4.74 Å². The molecule has 1 aromatic heterocycles. The lowest BCUT2D eigenvalue weighted by Gasteiger charge is -2.28. The van der Waals surface area contributed by atoms with E-state index >= 15 is 0 Å². The molecule has 10 heteroatoms. The summed E-state index contributed by atoms with van der Waals surface area (Å²) >= 11 is 1.55. The molecular formula is C28H45N3O5S2. The minimum Gasteiger partial charge on any atom is -0.458 e. The van der Waals surface area contributed by atoms with Crippen molar-refractivity contribution in [3.05, 3.63) is 21.7 Å². The molecule has 2 aliphatic heterocycles. The largest absolute Gasteiger partial charge is 0.458 e. The van der Waals surface area contributed by atoms with Gasteiger partial charge in [0.2, 0.25) is 0 Å². The zero-order valence-electron chi connectivity index (χ0n) is 24.2. The number of carbonyl (C=O) groups is 2. The monoisotopic (exact) mass is 567 g/mol. The van der Waals surface area contributed by atoms with E-state index in [1.807, 2.05) is 46.1 Å². The van der Waals surface area contributed by atoms with Crippen LogP contribution in [-0.2, 0) is 24.5 Å². The highest BCUT2D eigenvalue weighted by atomic mass is 32.2. The van der Waals surface area contributed by atoms with Crippen molar-refractivity contribution in [2.24, 2.45) is 17.3 Å². The van der Waals surface area contributed by atoms with Crippen molar-refractivity contribution in [2.75, 3.05) is 14.1 Å². The molecule has 0 spiro atoms. The van der Waals surface area contributed by atoms with E-state index in [0.717, 1.165) is 42.0 Å². The fraction of sp³-hybridized carbons (Fsp3) is 0.750. The molecule has 0 bridgehead atoms. The summed E-state index contributed by atoms with van der Waals surface area (Å²) in [6.07, 6.45) is 5.63. The van der Waals surface area contributed by atoms with Crippen molar-refractivity contribution in [1.29, 1.82) is 0 Å². The van der Waals surface area contributed by atoms with Crippen LogP contribution in [0.1, 0.15) is 90.3 Å². The maximum Gasteiger partial charge on any atom is 0.306 e. The molecular weight excluding hydrogens is 522 g/mol. The topological polar surface area (TPSA) is 96.6 Å². The van der Waals surface area contributed by atoms with Gasteiger partial charge in [0.1, 0.15) is 11.9 Å². The van der Waals surface area contributed by atoms with Gasteiger partial charge in [-0.2, -0.15) is 17.0 Å². The van der Waals surface area contributed by atoms with E-state index in [2.05, 4.69) is 11.9 Å². The van der Waals surface area contributed by atoms with Gasteiger partial charge in [0.05, 0.1) is 10.7 Å². The van der Waals surface area contributed by atoms with Crippen LogP contribution in [0.5, 0.6) is 0 Å². The highest BCUT2D eigenvalue weighted by Crippen LogP contribution is 2.42. The Bertz CT molecular complexity index is 1140. The number of cyclic esters (lactones) is 1. The summed E-state index contributed by atoms with van der Waals surface area (Å²) in [5.74, 6) is 0.0765. The number of hydrogen-bond acceptors (Lipinski definition) is 7. The number of Topliss-reactive ketones (excluding diaryl/α,β-unsaturated/α-hetero) is 1. The second-order valence-electron chi connectivity index (χ2n) is 12.1. The summed E-state index contributed by atoms with van der Waals surface area (Å²) in [5.41, 5.74) is 1.01. The number of carbonyl (C=O) groups excluding carboxylic acids is 2. The Morgan fingerprint density at radius 3 is 2.47 bits per heavy atom. The van der Waals surface area contributed by atoms with Gasteiger partial charge in [-0.05, 0) is 50.7 Å². The van der Waals surface area contributed by atoms with E-state index in [0.29, 0.717) is 18.8 Å². The fourth-order valence-corrected chi connectivity index (χ4v) is 7.72. The summed E-state index contributed by atoms with van der Waals surface area (Å²) in [6.45, 7) is 11.8. The van der Waals surface area contributed by atoms with E-state index < -0.39 is 21.7 Å². The third-order valence-electron chi connectivity index (χ3n) is 8.01. The SMILES string of the molecule is CC(=Cc1csc(C)n1)C1CC2C(CCCC(C)CC(C)C(=O)C(C)(C)CCC(=O)O1)N2S(=O)(=O)N(C)C. The molecule has 2 saturated heterocycles. The number of ether oxygens (including phenoxy) is 1. The first-order valence-corrected chi connectivity index (χ1v) is 16.0. The van der Waals surface area contributed by atoms with E-state index in [4.69, 9.17) is 4.74 Å². The van der Waals surface area contributed by atoms with Crippen LogP contribution in [0, 0.1) is 24.2 Å². The Morgan fingerprint density at radius 1 is 1.18 bits per heavy atom. The molecule has 6 unspecified atom stereocenters. The van der Waals surface area contributed by atoms with Crippen molar-refractivity contribution in [3.8, 4) is 0 Å². The van der Waals surface area contributed by atoms with Gasteiger partial charge >= 0.3 is 5.97 Å². The average Bonchev–Trinajstić information content (AvgIpc) is 3.36. The summed E-state index contributed by atoms with van der Waals surface area (Å²) < 4.78 is 35.1. The normalized spacial score (nSPS) is 32.1. The quantitative estimate of drug-likeness (QED) is 0.365. The molecule has 2 aliphatic rings. The number of esters is 1. The Kier molecular flexibility index (Phi) is 9.98. The molecule has 0 aromatic carbocycles. The van der Waals surface area contributed by atoms with E-state index in [9.17, 15) is 18.0 Å². The number of ketones is 1. The summed E-state index contributed by atoms with van der Waals surface area (Å²) in [5, 5.41) is 2.90. The van der Waals surface area contributed by atoms with Crippen LogP contribution in [0.25, 0.3) is 6.08 Å². The Balaban J connectivity index is 1.91. The second kappa shape index (κ2) is 12.3. The average molecular weight is 568 g/mol. The molecule has 3 heterocycles. The number of aromatic nitrogens is 1. The first-order chi connectivity index (χ1) is 17.6. The third-order valence-corrected chi connectivity index (χ3v) is 10.8. The summed E-state index contributed by atoms with van der Waals surface area (Å²) in [7, 11) is -0.502. The molecule has 0 saturated carbocycles. The standard InChI is InChI=1S/C28H45N3O5S2/c1-18-10-9-11-23-24(31(23)38(34,35)30(7)8)16-25(19(2)15-22-17-37-21(4)29-22)36-26(32)12-13-28(5,6)27(33)20(3)14-18/h15,17-18,20,23-25H,9-14,16H2,1-8H3. The van der Waals surface area contributed by atoms with E-state index in [-0.39, 0.29) is 36.2 Å². The zero-order chi connectivity index (χ0) is 28.4. The maximum absolute atomic E-state index is 13.2. The smallest absolute Gasteiger partial charge is 0.306 e. The fourth-order valence-electron chi connectivity index (χ4n) is 5.67. The molecule has 2 fully saturated rings. The second-order valence-corrected chi connectivity index (χ2v) is 15.2. The van der Waals surface area contributed by atoms with Crippen LogP contribution in [0.4, 0.5) is 0 Å². The highest BCUT2D eigenvalue weighted by Gasteiger charge is 2.56. The van der Waals surface area contributed by atoms with Crippen molar-refractivity contribution in [2.45, 2.75) is 105 Å². The number of thiazole rings is 1. The summed E-state index contributed by atoms with van der Waals surface area (Å²) in [4.78, 5) is 30.8. The summed E-state index contributed by atoms with van der Waals surface area (Å²) in [6, 6.07) is -0.364. The van der Waals surface area contributed by atoms with E-state index in [1.165, 1.54) is 4.31 Å². The van der Waals surface area contributed by atoms with Gasteiger partial charge in [0.25, 0.3) is 10.2 Å². The number of hydrogen-bond donors (Lipinski definition) is 0. The minimum atomic E-state index is -3.60. The molecule has 0 N–H and O–H groups in total. The lowest BCUT2D eigenvalue weighted by Crippen LogP contribution is -2.32. The van der Waals surface area contributed by atoms with Crippen molar-refractivity contribution in [1.82, 2.24) is 13.6 Å². The van der Waals surface area contributed by atoms with Crippen LogP contribution in [-0.4, -0.2) is 66.0 Å². The maximum atomic E-state index is 13.2. The predicted octanol–water partition coefficient (Wildman–Crippen LogP) is 5.24. The van der Waals surface area contributed by atoms with Crippen molar-refractivity contribution < 1.29 is 22.7 Å². The Labute approximate surface area is 233 Å². The number of fused-ring (bicyclic) bond motifs is 1. The molecule has 38 heavy (non-hydrogen) atoms. The van der Waals surface area contributed by atoms with Crippen molar-refractivity contribution in [3.63, 3.8) is 0 Å². The lowest BCUT2D eigenvalue weighted by atomic mass is 9.75. The molecule has 214 valence electrons. The van der Waals surface area contributed by atoms with Crippen LogP contribution in [0.2, 0.25) is 0 Å². The van der Waals surface area contributed by atoms with Gasteiger partial charge in [-0.15, -0.1) is 11.3 Å². The molecule has 3 rings (SSSR count). The molecule has 6 atom stereocenters. The zero-order valence-corrected chi connectivity index (χ0v) is 25.8. The number of nitrogens with zero attached hydrogens (tertiary/aromatic N) is 3. The van der Waals surface area contributed by atoms with Crippen LogP contribution >= 0.6 is 11.3 Å². The van der Waals surface area contributed by atoms with Crippen LogP contribution in [0.15, 0.2) is 11.0 Å². The molecule has 8 nitrogen and oxygen atoms in total. The first-order valence-electron chi connectivity index (χ1n) is 13.7. The highest BCUT2D eigenvalue weighted by molar-refractivity contribution is 7.87. The van der Waals surface area contributed by atoms with Crippen LogP contribution < -0.4 is 0 Å². The number of aryl methyl sites for hydroxylation is 1. The van der Waals surface area contributed by atoms with E-state index in [1.54, 1.807) is 29.7 Å².